The maximum atomic E-state index is 13.9. The number of carbonyl (C=O) groups excluding carboxylic acids is 2. The predicted molar refractivity (Wildman–Crippen MR) is 175 cm³/mol. The van der Waals surface area contributed by atoms with Crippen LogP contribution in [0.4, 0.5) is 5.69 Å². The van der Waals surface area contributed by atoms with Crippen LogP contribution in [0, 0.1) is 0 Å². The third-order valence-corrected chi connectivity index (χ3v) is 12.3. The van der Waals surface area contributed by atoms with E-state index in [0.717, 1.165) is 45.4 Å². The summed E-state index contributed by atoms with van der Waals surface area (Å²) in [5.41, 5.74) is 2.46. The van der Waals surface area contributed by atoms with Gasteiger partial charge in [0.2, 0.25) is 0 Å². The standard InChI is InChI=1S/C35H38N2O5Si/c1-4-40-43(41-5-2,42-6-3)22-10-21-37-34(38)28-15-13-25-23-11-9-12-27-30(36-19-7-8-20-36)18-17-24(31(23)27)26-14-16-29(35(37)39)33(28)32(25)26/h9,11-18H,4-8,10,19-22H2,1-3H3. The number of carbonyl (C=O) groups is 2. The molecule has 0 unspecified atom stereocenters. The van der Waals surface area contributed by atoms with Crippen LogP contribution >= 0.6 is 0 Å². The predicted octanol–water partition coefficient (Wildman–Crippen LogP) is 7.37. The Kier molecular flexibility index (Phi) is 7.33. The zero-order valence-corrected chi connectivity index (χ0v) is 26.2. The highest BCUT2D eigenvalue weighted by molar-refractivity contribution is 6.60. The first-order valence-corrected chi connectivity index (χ1v) is 17.6. The lowest BCUT2D eigenvalue weighted by Gasteiger charge is -2.31. The number of fused-ring (bicyclic) bond motifs is 2. The van der Waals surface area contributed by atoms with Crippen LogP contribution < -0.4 is 4.90 Å². The number of hydrogen-bond acceptors (Lipinski definition) is 6. The number of anilines is 1. The van der Waals surface area contributed by atoms with Crippen molar-refractivity contribution >= 4 is 69.4 Å². The molecule has 5 aromatic carbocycles. The van der Waals surface area contributed by atoms with Gasteiger partial charge in [-0.25, -0.2) is 0 Å². The summed E-state index contributed by atoms with van der Waals surface area (Å²) in [7, 11) is -2.88. The lowest BCUT2D eigenvalue weighted by Crippen LogP contribution is -2.47. The molecule has 8 heteroatoms. The fraction of sp³-hybridized carbons (Fsp3) is 0.371. The fourth-order valence-electron chi connectivity index (χ4n) is 7.42. The number of imide groups is 1. The number of nitrogens with zero attached hydrogens (tertiary/aromatic N) is 2. The van der Waals surface area contributed by atoms with Crippen LogP contribution in [0.1, 0.15) is 60.7 Å². The Hall–Kier alpha value is -3.56. The Morgan fingerprint density at radius 3 is 1.79 bits per heavy atom. The topological polar surface area (TPSA) is 68.3 Å². The molecule has 2 heterocycles. The van der Waals surface area contributed by atoms with Gasteiger partial charge in [-0.1, -0.05) is 36.4 Å². The van der Waals surface area contributed by atoms with E-state index in [0.29, 0.717) is 43.4 Å². The number of hydrogen-bond donors (Lipinski definition) is 0. The maximum absolute atomic E-state index is 13.9. The summed E-state index contributed by atoms with van der Waals surface area (Å²) in [6, 6.07) is 19.6. The maximum Gasteiger partial charge on any atom is 0.500 e. The molecule has 0 saturated carbocycles. The first-order chi connectivity index (χ1) is 21.0. The Morgan fingerprint density at radius 1 is 0.651 bits per heavy atom. The molecule has 43 heavy (non-hydrogen) atoms. The molecule has 0 atom stereocenters. The Bertz CT molecular complexity index is 1780. The Labute approximate surface area is 253 Å². The number of rotatable bonds is 11. The van der Waals surface area contributed by atoms with E-state index >= 15 is 0 Å². The minimum atomic E-state index is -2.88. The molecular weight excluding hydrogens is 556 g/mol. The van der Waals surface area contributed by atoms with Crippen molar-refractivity contribution in [2.75, 3.05) is 44.4 Å². The van der Waals surface area contributed by atoms with Crippen molar-refractivity contribution < 1.29 is 22.9 Å². The van der Waals surface area contributed by atoms with E-state index in [-0.39, 0.29) is 18.4 Å². The summed E-state index contributed by atoms with van der Waals surface area (Å²) in [5, 5.41) is 8.79. The normalized spacial score (nSPS) is 15.8. The lowest BCUT2D eigenvalue weighted by atomic mass is 9.84. The zero-order chi connectivity index (χ0) is 29.7. The molecule has 0 bridgehead atoms. The molecule has 7 rings (SSSR count). The van der Waals surface area contributed by atoms with Crippen LogP contribution in [-0.2, 0) is 13.3 Å². The fourth-order valence-corrected chi connectivity index (χ4v) is 10.0. The smallest absolute Gasteiger partial charge is 0.374 e. The molecule has 7 nitrogen and oxygen atoms in total. The lowest BCUT2D eigenvalue weighted by molar-refractivity contribution is 0.0578. The second-order valence-electron chi connectivity index (χ2n) is 11.5. The van der Waals surface area contributed by atoms with Crippen LogP contribution in [-0.4, -0.2) is 65.0 Å². The van der Waals surface area contributed by atoms with Gasteiger partial charge in [0.25, 0.3) is 11.8 Å². The van der Waals surface area contributed by atoms with Crippen molar-refractivity contribution in [1.29, 1.82) is 0 Å². The van der Waals surface area contributed by atoms with E-state index in [1.54, 1.807) is 0 Å². The van der Waals surface area contributed by atoms with Gasteiger partial charge in [-0.2, -0.15) is 0 Å². The third kappa shape index (κ3) is 4.42. The number of amides is 2. The molecule has 0 radical (unpaired) electrons. The van der Waals surface area contributed by atoms with E-state index < -0.39 is 8.80 Å². The molecule has 2 aliphatic rings. The van der Waals surface area contributed by atoms with E-state index in [1.165, 1.54) is 34.2 Å². The van der Waals surface area contributed by atoms with Gasteiger partial charge in [-0.05, 0) is 90.6 Å². The van der Waals surface area contributed by atoms with E-state index in [9.17, 15) is 9.59 Å². The molecule has 0 aromatic heterocycles. The van der Waals surface area contributed by atoms with Crippen LogP contribution in [0.3, 0.4) is 0 Å². The second kappa shape index (κ2) is 11.2. The average Bonchev–Trinajstić information content (AvgIpc) is 3.56. The van der Waals surface area contributed by atoms with Gasteiger partial charge < -0.3 is 18.2 Å². The molecule has 1 saturated heterocycles. The van der Waals surface area contributed by atoms with Crippen molar-refractivity contribution in [3.63, 3.8) is 0 Å². The molecule has 222 valence electrons. The average molecular weight is 595 g/mol. The van der Waals surface area contributed by atoms with Crippen molar-refractivity contribution in [1.82, 2.24) is 4.90 Å². The molecule has 0 aliphatic carbocycles. The largest absolute Gasteiger partial charge is 0.500 e. The Balaban J connectivity index is 1.30. The molecule has 1 fully saturated rings. The quantitative estimate of drug-likeness (QED) is 0.0688. The van der Waals surface area contributed by atoms with Gasteiger partial charge in [0, 0.05) is 73.1 Å². The van der Waals surface area contributed by atoms with Gasteiger partial charge in [0.15, 0.2) is 0 Å². The zero-order valence-electron chi connectivity index (χ0n) is 25.2. The summed E-state index contributed by atoms with van der Waals surface area (Å²) < 4.78 is 18.0. The first kappa shape index (κ1) is 28.2. The van der Waals surface area contributed by atoms with Crippen LogP contribution in [0.15, 0.2) is 54.6 Å². The van der Waals surface area contributed by atoms with Crippen LogP contribution in [0.5, 0.6) is 0 Å². The monoisotopic (exact) mass is 594 g/mol. The highest BCUT2D eigenvalue weighted by Crippen LogP contribution is 2.45. The molecule has 0 spiro atoms. The van der Waals surface area contributed by atoms with Crippen molar-refractivity contribution in [3.8, 4) is 0 Å². The van der Waals surface area contributed by atoms with Gasteiger partial charge >= 0.3 is 8.80 Å². The van der Waals surface area contributed by atoms with Crippen LogP contribution in [0.2, 0.25) is 6.04 Å². The number of benzene rings is 5. The highest BCUT2D eigenvalue weighted by Gasteiger charge is 2.41. The van der Waals surface area contributed by atoms with Crippen LogP contribution in [0.25, 0.3) is 43.1 Å². The van der Waals surface area contributed by atoms with Gasteiger partial charge in [-0.3, -0.25) is 14.5 Å². The molecule has 2 aliphatic heterocycles. The van der Waals surface area contributed by atoms with Crippen molar-refractivity contribution in [2.45, 2.75) is 46.1 Å². The highest BCUT2D eigenvalue weighted by atomic mass is 28.4. The summed E-state index contributed by atoms with van der Waals surface area (Å²) in [6.45, 7) is 9.71. The molecular formula is C35H38N2O5Si. The molecule has 0 N–H and O–H groups in total. The summed E-state index contributed by atoms with van der Waals surface area (Å²) in [6.07, 6.45) is 3.00. The van der Waals surface area contributed by atoms with E-state index in [4.69, 9.17) is 13.3 Å². The van der Waals surface area contributed by atoms with Gasteiger partial charge in [-0.15, -0.1) is 0 Å². The van der Waals surface area contributed by atoms with E-state index in [2.05, 4.69) is 47.4 Å². The van der Waals surface area contributed by atoms with Gasteiger partial charge in [0.05, 0.1) is 0 Å². The SMILES string of the molecule is CCO[Si](CCCN1C(=O)c2ccc3c4cccc5c(N6CCCC6)ccc(c6ccc(c2c36)C1=O)c54)(OCC)OCC. The third-order valence-electron chi connectivity index (χ3n) is 9.11. The summed E-state index contributed by atoms with van der Waals surface area (Å²) in [5.74, 6) is -0.489. The minimum Gasteiger partial charge on any atom is -0.374 e. The van der Waals surface area contributed by atoms with Crippen molar-refractivity contribution in [3.05, 3.63) is 65.7 Å². The second-order valence-corrected chi connectivity index (χ2v) is 14.2. The van der Waals surface area contributed by atoms with Crippen molar-refractivity contribution in [2.24, 2.45) is 0 Å². The summed E-state index contributed by atoms with van der Waals surface area (Å²) >= 11 is 0. The summed E-state index contributed by atoms with van der Waals surface area (Å²) in [4.78, 5) is 31.7. The van der Waals surface area contributed by atoms with E-state index in [1.807, 2.05) is 32.9 Å². The first-order valence-electron chi connectivity index (χ1n) is 15.7. The minimum absolute atomic E-state index is 0.244. The van der Waals surface area contributed by atoms with Gasteiger partial charge in [0.1, 0.15) is 0 Å². The molecule has 2 amide bonds. The molecule has 5 aromatic rings. The Morgan fingerprint density at radius 2 is 1.19 bits per heavy atom.